The van der Waals surface area contributed by atoms with Crippen molar-refractivity contribution in [2.45, 2.75) is 25.8 Å². The molecular weight excluding hydrogens is 358 g/mol. The molecule has 28 heavy (non-hydrogen) atoms. The summed E-state index contributed by atoms with van der Waals surface area (Å²) in [6.45, 7) is 1.84. The third-order valence-electron chi connectivity index (χ3n) is 4.95. The van der Waals surface area contributed by atoms with Crippen LogP contribution in [0.25, 0.3) is 11.1 Å². The largest absolute Gasteiger partial charge is 0.419 e. The number of aromatic nitrogens is 1. The second kappa shape index (κ2) is 7.72. The van der Waals surface area contributed by atoms with Crippen LogP contribution in [0.2, 0.25) is 0 Å². The van der Waals surface area contributed by atoms with Gasteiger partial charge in [0.1, 0.15) is 0 Å². The molecule has 2 heterocycles. The summed E-state index contributed by atoms with van der Waals surface area (Å²) in [4.78, 5) is 38.4. The molecule has 1 saturated heterocycles. The molecule has 0 atom stereocenters. The van der Waals surface area contributed by atoms with E-state index in [2.05, 4.69) is 5.32 Å². The van der Waals surface area contributed by atoms with Gasteiger partial charge >= 0.3 is 5.76 Å². The van der Waals surface area contributed by atoms with Gasteiger partial charge < -0.3 is 14.6 Å². The van der Waals surface area contributed by atoms with Gasteiger partial charge in [-0.3, -0.25) is 14.2 Å². The van der Waals surface area contributed by atoms with Crippen LogP contribution in [0.5, 0.6) is 0 Å². The number of aryl methyl sites for hydroxylation is 1. The van der Waals surface area contributed by atoms with Crippen LogP contribution < -0.4 is 11.1 Å². The second-order valence-electron chi connectivity index (χ2n) is 6.86. The SMILES string of the molecule is O=C(CCn1c(=O)oc2ccccc21)Nc1ccc(C(=O)N2CCCC2)cc1. The zero-order valence-electron chi connectivity index (χ0n) is 15.4. The van der Waals surface area contributed by atoms with Gasteiger partial charge in [0, 0.05) is 37.3 Å². The first-order chi connectivity index (χ1) is 13.6. The van der Waals surface area contributed by atoms with Gasteiger partial charge in [0.05, 0.1) is 5.52 Å². The number of hydrogen-bond acceptors (Lipinski definition) is 4. The van der Waals surface area contributed by atoms with Crippen LogP contribution in [0.15, 0.2) is 57.7 Å². The highest BCUT2D eigenvalue weighted by atomic mass is 16.4. The molecule has 0 saturated carbocycles. The number of hydrogen-bond donors (Lipinski definition) is 1. The molecule has 1 aliphatic heterocycles. The van der Waals surface area contributed by atoms with E-state index in [9.17, 15) is 14.4 Å². The second-order valence-corrected chi connectivity index (χ2v) is 6.86. The topological polar surface area (TPSA) is 84.5 Å². The fourth-order valence-corrected chi connectivity index (χ4v) is 3.46. The van der Waals surface area contributed by atoms with Gasteiger partial charge in [-0.05, 0) is 49.2 Å². The maximum atomic E-state index is 12.4. The molecular formula is C21H21N3O4. The Morgan fingerprint density at radius 3 is 2.46 bits per heavy atom. The fraction of sp³-hybridized carbons (Fsp3) is 0.286. The lowest BCUT2D eigenvalue weighted by Gasteiger charge is -2.15. The molecule has 1 fully saturated rings. The standard InChI is InChI=1S/C21H21N3O4/c25-19(11-14-24-17-5-1-2-6-18(17)28-21(24)27)22-16-9-7-15(8-10-16)20(26)23-12-3-4-13-23/h1-2,5-10H,3-4,11-14H2,(H,22,25). The van der Waals surface area contributed by atoms with Gasteiger partial charge in [0.15, 0.2) is 5.58 Å². The smallest absolute Gasteiger partial charge is 0.408 e. The van der Waals surface area contributed by atoms with Crippen LogP contribution in [-0.4, -0.2) is 34.4 Å². The number of anilines is 1. The Kier molecular flexibility index (Phi) is 4.97. The number of oxazole rings is 1. The summed E-state index contributed by atoms with van der Waals surface area (Å²) >= 11 is 0. The summed E-state index contributed by atoms with van der Waals surface area (Å²) in [6, 6.07) is 14.0. The van der Waals surface area contributed by atoms with Crippen molar-refractivity contribution in [3.05, 3.63) is 64.6 Å². The monoisotopic (exact) mass is 379 g/mol. The van der Waals surface area contributed by atoms with Gasteiger partial charge in [-0.25, -0.2) is 4.79 Å². The molecule has 1 aromatic heterocycles. The third kappa shape index (κ3) is 3.69. The summed E-state index contributed by atoms with van der Waals surface area (Å²) < 4.78 is 6.62. The van der Waals surface area contributed by atoms with Gasteiger partial charge in [-0.15, -0.1) is 0 Å². The van der Waals surface area contributed by atoms with Crippen LogP contribution in [0.1, 0.15) is 29.6 Å². The van der Waals surface area contributed by atoms with Crippen molar-refractivity contribution in [2.24, 2.45) is 0 Å². The lowest BCUT2D eigenvalue weighted by molar-refractivity contribution is -0.116. The highest BCUT2D eigenvalue weighted by molar-refractivity contribution is 5.96. The van der Waals surface area contributed by atoms with Crippen molar-refractivity contribution in [1.29, 1.82) is 0 Å². The molecule has 2 aromatic carbocycles. The number of fused-ring (bicyclic) bond motifs is 1. The first kappa shape index (κ1) is 18.0. The maximum Gasteiger partial charge on any atom is 0.419 e. The van der Waals surface area contributed by atoms with Crippen LogP contribution in [0.3, 0.4) is 0 Å². The lowest BCUT2D eigenvalue weighted by atomic mass is 10.2. The van der Waals surface area contributed by atoms with Crippen molar-refractivity contribution in [3.8, 4) is 0 Å². The summed E-state index contributed by atoms with van der Waals surface area (Å²) in [6.07, 6.45) is 2.24. The van der Waals surface area contributed by atoms with Crippen molar-refractivity contribution in [2.75, 3.05) is 18.4 Å². The van der Waals surface area contributed by atoms with E-state index in [1.165, 1.54) is 4.57 Å². The fourth-order valence-electron chi connectivity index (χ4n) is 3.46. The quantitative estimate of drug-likeness (QED) is 0.739. The maximum absolute atomic E-state index is 12.4. The Morgan fingerprint density at radius 2 is 1.71 bits per heavy atom. The van der Waals surface area contributed by atoms with E-state index in [0.717, 1.165) is 25.9 Å². The first-order valence-electron chi connectivity index (χ1n) is 9.39. The lowest BCUT2D eigenvalue weighted by Crippen LogP contribution is -2.27. The summed E-state index contributed by atoms with van der Waals surface area (Å²) in [7, 11) is 0. The minimum Gasteiger partial charge on any atom is -0.408 e. The normalized spacial score (nSPS) is 13.8. The number of rotatable bonds is 5. The van der Waals surface area contributed by atoms with Crippen LogP contribution in [0.4, 0.5) is 5.69 Å². The van der Waals surface area contributed by atoms with Gasteiger partial charge in [0.2, 0.25) is 5.91 Å². The Morgan fingerprint density at radius 1 is 1.00 bits per heavy atom. The third-order valence-corrected chi connectivity index (χ3v) is 4.95. The summed E-state index contributed by atoms with van der Waals surface area (Å²) in [5.41, 5.74) is 2.42. The summed E-state index contributed by atoms with van der Waals surface area (Å²) in [5.74, 6) is -0.656. The first-order valence-corrected chi connectivity index (χ1v) is 9.39. The van der Waals surface area contributed by atoms with E-state index < -0.39 is 5.76 Å². The van der Waals surface area contributed by atoms with Gasteiger partial charge in [-0.2, -0.15) is 0 Å². The average molecular weight is 379 g/mol. The molecule has 144 valence electrons. The number of nitrogens with one attached hydrogen (secondary N) is 1. The van der Waals surface area contributed by atoms with E-state index in [0.29, 0.717) is 22.4 Å². The van der Waals surface area contributed by atoms with Gasteiger partial charge in [-0.1, -0.05) is 12.1 Å². The molecule has 1 aliphatic rings. The predicted octanol–water partition coefficient (Wildman–Crippen LogP) is 2.86. The average Bonchev–Trinajstić information content (AvgIpc) is 3.34. The molecule has 0 unspecified atom stereocenters. The number of benzene rings is 2. The molecule has 0 bridgehead atoms. The molecule has 0 spiro atoms. The number of carbonyl (C=O) groups excluding carboxylic acids is 2. The zero-order chi connectivity index (χ0) is 19.5. The number of para-hydroxylation sites is 2. The highest BCUT2D eigenvalue weighted by Gasteiger charge is 2.19. The van der Waals surface area contributed by atoms with Crippen LogP contribution in [0, 0.1) is 0 Å². The Bertz CT molecular complexity index is 1060. The van der Waals surface area contributed by atoms with Crippen LogP contribution in [-0.2, 0) is 11.3 Å². The van der Waals surface area contributed by atoms with Gasteiger partial charge in [0.25, 0.3) is 5.91 Å². The number of nitrogens with zero attached hydrogens (tertiary/aromatic N) is 2. The molecule has 0 radical (unpaired) electrons. The van der Waals surface area contributed by atoms with E-state index in [4.69, 9.17) is 4.42 Å². The van der Waals surface area contributed by atoms with E-state index in [1.807, 2.05) is 11.0 Å². The number of carbonyl (C=O) groups is 2. The highest BCUT2D eigenvalue weighted by Crippen LogP contribution is 2.16. The van der Waals surface area contributed by atoms with Crippen molar-refractivity contribution < 1.29 is 14.0 Å². The van der Waals surface area contributed by atoms with E-state index >= 15 is 0 Å². The molecule has 1 N–H and O–H groups in total. The number of likely N-dealkylation sites (tertiary alicyclic amines) is 1. The minimum absolute atomic E-state index is 0.0292. The Balaban J connectivity index is 1.36. The Hall–Kier alpha value is -3.35. The molecule has 3 aromatic rings. The Labute approximate surface area is 161 Å². The predicted molar refractivity (Wildman–Crippen MR) is 105 cm³/mol. The molecule has 2 amide bonds. The molecule has 7 heteroatoms. The molecule has 4 rings (SSSR count). The molecule has 0 aliphatic carbocycles. The minimum atomic E-state index is -0.473. The summed E-state index contributed by atoms with van der Waals surface area (Å²) in [5, 5.41) is 2.80. The van der Waals surface area contributed by atoms with Crippen molar-refractivity contribution in [3.63, 3.8) is 0 Å². The van der Waals surface area contributed by atoms with E-state index in [-0.39, 0.29) is 24.8 Å². The molecule has 7 nitrogen and oxygen atoms in total. The number of amides is 2. The van der Waals surface area contributed by atoms with Crippen molar-refractivity contribution in [1.82, 2.24) is 9.47 Å². The van der Waals surface area contributed by atoms with Crippen LogP contribution >= 0.6 is 0 Å². The van der Waals surface area contributed by atoms with Crippen molar-refractivity contribution >= 4 is 28.6 Å². The zero-order valence-corrected chi connectivity index (χ0v) is 15.4. The van der Waals surface area contributed by atoms with E-state index in [1.54, 1.807) is 42.5 Å².